The summed E-state index contributed by atoms with van der Waals surface area (Å²) in [5.74, 6) is 0.312. The third-order valence-corrected chi connectivity index (χ3v) is 2.43. The summed E-state index contributed by atoms with van der Waals surface area (Å²) in [7, 11) is 0. The summed E-state index contributed by atoms with van der Waals surface area (Å²) in [5, 5.41) is 4.12. The molecule has 0 bridgehead atoms. The molecule has 84 valence electrons. The minimum absolute atomic E-state index is 0.250. The van der Waals surface area contributed by atoms with Crippen molar-refractivity contribution < 1.29 is 4.39 Å². The van der Waals surface area contributed by atoms with Crippen LogP contribution in [0.3, 0.4) is 0 Å². The largest absolute Gasteiger partial charge is 0.384 e. The van der Waals surface area contributed by atoms with Gasteiger partial charge in [0.2, 0.25) is 0 Å². The van der Waals surface area contributed by atoms with E-state index in [0.29, 0.717) is 18.9 Å². The minimum atomic E-state index is -0.250. The molecule has 2 rings (SSSR count). The number of hydrogen-bond acceptors (Lipinski definition) is 3. The highest BCUT2D eigenvalue weighted by atomic mass is 19.1. The van der Waals surface area contributed by atoms with E-state index < -0.39 is 0 Å². The fourth-order valence-electron chi connectivity index (χ4n) is 1.48. The van der Waals surface area contributed by atoms with Gasteiger partial charge in [0.25, 0.3) is 0 Å². The van der Waals surface area contributed by atoms with Crippen molar-refractivity contribution in [3.05, 3.63) is 47.4 Å². The lowest BCUT2D eigenvalue weighted by Gasteiger charge is -2.04. The fraction of sp³-hybridized carbons (Fsp3) is 0.182. The van der Waals surface area contributed by atoms with Gasteiger partial charge in [0.1, 0.15) is 11.6 Å². The van der Waals surface area contributed by atoms with Crippen LogP contribution >= 0.6 is 0 Å². The fourth-order valence-corrected chi connectivity index (χ4v) is 1.48. The third kappa shape index (κ3) is 2.04. The molecule has 5 heteroatoms. The molecule has 0 aliphatic carbocycles. The van der Waals surface area contributed by atoms with Gasteiger partial charge in [0, 0.05) is 12.1 Å². The van der Waals surface area contributed by atoms with Gasteiger partial charge in [-0.2, -0.15) is 5.10 Å². The zero-order valence-corrected chi connectivity index (χ0v) is 8.73. The highest BCUT2D eigenvalue weighted by Crippen LogP contribution is 2.12. The van der Waals surface area contributed by atoms with E-state index in [-0.39, 0.29) is 5.82 Å². The zero-order valence-electron chi connectivity index (χ0n) is 8.73. The normalized spacial score (nSPS) is 10.6. The molecule has 4 nitrogen and oxygen atoms in total. The lowest BCUT2D eigenvalue weighted by molar-refractivity contribution is 0.625. The van der Waals surface area contributed by atoms with Crippen molar-refractivity contribution >= 4 is 5.82 Å². The number of aromatic nitrogens is 2. The zero-order chi connectivity index (χ0) is 11.5. The maximum absolute atomic E-state index is 12.7. The van der Waals surface area contributed by atoms with Gasteiger partial charge >= 0.3 is 0 Å². The second-order valence-electron chi connectivity index (χ2n) is 3.54. The van der Waals surface area contributed by atoms with Crippen molar-refractivity contribution in [2.45, 2.75) is 13.1 Å². The summed E-state index contributed by atoms with van der Waals surface area (Å²) >= 11 is 0. The molecule has 0 aliphatic rings. The second kappa shape index (κ2) is 4.32. The van der Waals surface area contributed by atoms with Crippen molar-refractivity contribution in [3.63, 3.8) is 0 Å². The first-order valence-electron chi connectivity index (χ1n) is 4.95. The van der Waals surface area contributed by atoms with Crippen molar-refractivity contribution in [2.75, 3.05) is 5.73 Å². The third-order valence-electron chi connectivity index (χ3n) is 2.43. The van der Waals surface area contributed by atoms with Crippen LogP contribution in [0.4, 0.5) is 10.2 Å². The van der Waals surface area contributed by atoms with Gasteiger partial charge in [-0.05, 0) is 17.7 Å². The Hall–Kier alpha value is -1.88. The number of benzene rings is 1. The van der Waals surface area contributed by atoms with Crippen molar-refractivity contribution in [1.82, 2.24) is 9.78 Å². The average molecular weight is 220 g/mol. The van der Waals surface area contributed by atoms with E-state index in [2.05, 4.69) is 5.10 Å². The first-order chi connectivity index (χ1) is 7.70. The summed E-state index contributed by atoms with van der Waals surface area (Å²) in [6.45, 7) is 0.890. The Morgan fingerprint density at radius 2 is 1.94 bits per heavy atom. The topological polar surface area (TPSA) is 69.9 Å². The molecule has 0 atom stereocenters. The summed E-state index contributed by atoms with van der Waals surface area (Å²) in [5.41, 5.74) is 13.1. The molecule has 0 aliphatic heterocycles. The van der Waals surface area contributed by atoms with Crippen LogP contribution in [0.25, 0.3) is 0 Å². The first kappa shape index (κ1) is 10.6. The van der Waals surface area contributed by atoms with E-state index in [0.717, 1.165) is 11.1 Å². The average Bonchev–Trinajstić information content (AvgIpc) is 2.63. The summed E-state index contributed by atoms with van der Waals surface area (Å²) < 4.78 is 14.3. The molecule has 0 radical (unpaired) electrons. The number of halogens is 1. The van der Waals surface area contributed by atoms with Gasteiger partial charge in [0.15, 0.2) is 0 Å². The number of hydrogen-bond donors (Lipinski definition) is 2. The number of anilines is 1. The minimum Gasteiger partial charge on any atom is -0.384 e. The number of nitrogens with two attached hydrogens (primary N) is 2. The van der Waals surface area contributed by atoms with Crippen molar-refractivity contribution in [1.29, 1.82) is 0 Å². The van der Waals surface area contributed by atoms with E-state index >= 15 is 0 Å². The van der Waals surface area contributed by atoms with Crippen LogP contribution < -0.4 is 11.5 Å². The van der Waals surface area contributed by atoms with Crippen molar-refractivity contribution in [3.8, 4) is 0 Å². The number of rotatable bonds is 3. The second-order valence-corrected chi connectivity index (χ2v) is 3.54. The van der Waals surface area contributed by atoms with Crippen LogP contribution in [0.2, 0.25) is 0 Å². The Kier molecular flexibility index (Phi) is 2.87. The Bertz CT molecular complexity index is 475. The molecule has 0 saturated carbocycles. The molecule has 2 aromatic rings. The van der Waals surface area contributed by atoms with E-state index in [4.69, 9.17) is 11.5 Å². The molecular formula is C11H13FN4. The Morgan fingerprint density at radius 3 is 2.50 bits per heavy atom. The summed E-state index contributed by atoms with van der Waals surface area (Å²) in [4.78, 5) is 0. The maximum Gasteiger partial charge on any atom is 0.126 e. The Labute approximate surface area is 92.7 Å². The highest BCUT2D eigenvalue weighted by Gasteiger charge is 2.05. The van der Waals surface area contributed by atoms with E-state index in [1.165, 1.54) is 12.1 Å². The molecule has 0 spiro atoms. The molecule has 1 heterocycles. The predicted molar refractivity (Wildman–Crippen MR) is 60.0 cm³/mol. The van der Waals surface area contributed by atoms with Crippen LogP contribution in [-0.2, 0) is 13.1 Å². The van der Waals surface area contributed by atoms with Crippen LogP contribution in [0.1, 0.15) is 11.1 Å². The Balaban J connectivity index is 2.20. The highest BCUT2D eigenvalue weighted by molar-refractivity contribution is 5.39. The van der Waals surface area contributed by atoms with Gasteiger partial charge < -0.3 is 11.5 Å². The monoisotopic (exact) mass is 220 g/mol. The van der Waals surface area contributed by atoms with Gasteiger partial charge in [-0.3, -0.25) is 0 Å². The van der Waals surface area contributed by atoms with E-state index in [1.807, 2.05) is 0 Å². The quantitative estimate of drug-likeness (QED) is 0.814. The van der Waals surface area contributed by atoms with E-state index in [9.17, 15) is 4.39 Å². The predicted octanol–water partition coefficient (Wildman–Crippen LogP) is 1.11. The van der Waals surface area contributed by atoms with Gasteiger partial charge in [-0.15, -0.1) is 0 Å². The van der Waals surface area contributed by atoms with Gasteiger partial charge in [-0.25, -0.2) is 9.07 Å². The smallest absolute Gasteiger partial charge is 0.126 e. The number of nitrogens with zero attached hydrogens (tertiary/aromatic N) is 2. The molecule has 0 fully saturated rings. The molecule has 1 aromatic carbocycles. The van der Waals surface area contributed by atoms with Crippen LogP contribution in [0.15, 0.2) is 30.5 Å². The van der Waals surface area contributed by atoms with Crippen molar-refractivity contribution in [2.24, 2.45) is 5.73 Å². The van der Waals surface area contributed by atoms with Crippen LogP contribution in [0.5, 0.6) is 0 Å². The van der Waals surface area contributed by atoms with E-state index in [1.54, 1.807) is 23.0 Å². The molecule has 16 heavy (non-hydrogen) atoms. The lowest BCUT2D eigenvalue weighted by atomic mass is 10.2. The standard InChI is InChI=1S/C11H13FN4/c12-10-3-1-8(2-4-10)7-16-11(14)9(5-13)6-15-16/h1-4,6H,5,7,13-14H2. The van der Waals surface area contributed by atoms with Gasteiger partial charge in [0.05, 0.1) is 12.7 Å². The molecular weight excluding hydrogens is 207 g/mol. The molecule has 0 saturated heterocycles. The number of nitrogen functional groups attached to an aromatic ring is 1. The van der Waals surface area contributed by atoms with Gasteiger partial charge in [-0.1, -0.05) is 12.1 Å². The molecule has 4 N–H and O–H groups in total. The summed E-state index contributed by atoms with van der Waals surface area (Å²) in [6.07, 6.45) is 1.65. The maximum atomic E-state index is 12.7. The Morgan fingerprint density at radius 1 is 1.25 bits per heavy atom. The SMILES string of the molecule is NCc1cnn(Cc2ccc(F)cc2)c1N. The first-order valence-corrected chi connectivity index (χ1v) is 4.95. The lowest BCUT2D eigenvalue weighted by Crippen LogP contribution is -2.08. The van der Waals surface area contributed by atoms with Crippen LogP contribution in [-0.4, -0.2) is 9.78 Å². The summed E-state index contributed by atoms with van der Waals surface area (Å²) in [6, 6.07) is 6.24. The van der Waals surface area contributed by atoms with Crippen LogP contribution in [0, 0.1) is 5.82 Å². The molecule has 0 unspecified atom stereocenters. The molecule has 1 aromatic heterocycles. The molecule has 0 amide bonds.